The lowest BCUT2D eigenvalue weighted by Crippen LogP contribution is -2.21. The molecule has 1 heterocycles. The third kappa shape index (κ3) is 3.35. The van der Waals surface area contributed by atoms with Gasteiger partial charge in [0.1, 0.15) is 0 Å². The van der Waals surface area contributed by atoms with Crippen LogP contribution in [0, 0.1) is 12.3 Å². The predicted molar refractivity (Wildman–Crippen MR) is 78.2 cm³/mol. The molecule has 1 aromatic rings. The zero-order valence-corrected chi connectivity index (χ0v) is 13.1. The minimum atomic E-state index is -0.638. The molecule has 0 amide bonds. The highest BCUT2D eigenvalue weighted by Gasteiger charge is 2.35. The molecule has 100 valence electrons. The summed E-state index contributed by atoms with van der Waals surface area (Å²) in [5.41, 5.74) is 0.0657. The highest BCUT2D eigenvalue weighted by atomic mass is 79.9. The SMILES string of the molecule is Cc1sc(CCC2(CC(=O)O)CCCC2)cc1Br. The molecule has 1 fully saturated rings. The minimum Gasteiger partial charge on any atom is -0.481 e. The van der Waals surface area contributed by atoms with Gasteiger partial charge < -0.3 is 5.11 Å². The molecular weight excluding hydrogens is 312 g/mol. The first-order valence-corrected chi connectivity index (χ1v) is 8.08. The fourth-order valence-corrected chi connectivity index (χ4v) is 4.59. The lowest BCUT2D eigenvalue weighted by atomic mass is 9.78. The highest BCUT2D eigenvalue weighted by Crippen LogP contribution is 2.45. The molecule has 1 saturated carbocycles. The van der Waals surface area contributed by atoms with Crippen LogP contribution in [-0.4, -0.2) is 11.1 Å². The van der Waals surface area contributed by atoms with Crippen LogP contribution in [0.1, 0.15) is 48.3 Å². The quantitative estimate of drug-likeness (QED) is 0.842. The Hall–Kier alpha value is -0.350. The Labute approximate surface area is 121 Å². The van der Waals surface area contributed by atoms with Gasteiger partial charge in [-0.05, 0) is 60.0 Å². The van der Waals surface area contributed by atoms with Gasteiger partial charge in [-0.25, -0.2) is 0 Å². The molecule has 0 saturated heterocycles. The molecule has 0 bridgehead atoms. The number of thiophene rings is 1. The van der Waals surface area contributed by atoms with E-state index in [9.17, 15) is 4.79 Å². The summed E-state index contributed by atoms with van der Waals surface area (Å²) >= 11 is 5.36. The smallest absolute Gasteiger partial charge is 0.303 e. The molecule has 1 aliphatic carbocycles. The van der Waals surface area contributed by atoms with E-state index >= 15 is 0 Å². The summed E-state index contributed by atoms with van der Waals surface area (Å²) < 4.78 is 1.18. The molecule has 4 heteroatoms. The molecule has 1 aliphatic rings. The second kappa shape index (κ2) is 5.74. The molecule has 2 nitrogen and oxygen atoms in total. The van der Waals surface area contributed by atoms with Gasteiger partial charge in [-0.3, -0.25) is 4.79 Å². The van der Waals surface area contributed by atoms with Crippen molar-refractivity contribution in [3.63, 3.8) is 0 Å². The first-order valence-electron chi connectivity index (χ1n) is 6.47. The van der Waals surface area contributed by atoms with Crippen molar-refractivity contribution in [2.75, 3.05) is 0 Å². The molecule has 18 heavy (non-hydrogen) atoms. The Bertz CT molecular complexity index is 414. The summed E-state index contributed by atoms with van der Waals surface area (Å²) in [6, 6.07) is 2.18. The van der Waals surface area contributed by atoms with E-state index in [0.29, 0.717) is 6.42 Å². The van der Waals surface area contributed by atoms with Crippen LogP contribution in [0.4, 0.5) is 0 Å². The number of aliphatic carboxylic acids is 1. The van der Waals surface area contributed by atoms with E-state index in [2.05, 4.69) is 28.9 Å². The molecule has 1 N–H and O–H groups in total. The monoisotopic (exact) mass is 330 g/mol. The molecule has 0 aliphatic heterocycles. The number of carboxylic acids is 1. The van der Waals surface area contributed by atoms with E-state index in [1.165, 1.54) is 27.1 Å². The van der Waals surface area contributed by atoms with E-state index in [0.717, 1.165) is 25.7 Å². The van der Waals surface area contributed by atoms with Crippen molar-refractivity contribution in [1.82, 2.24) is 0 Å². The highest BCUT2D eigenvalue weighted by molar-refractivity contribution is 9.10. The Morgan fingerprint density at radius 2 is 2.17 bits per heavy atom. The van der Waals surface area contributed by atoms with Gasteiger partial charge >= 0.3 is 5.97 Å². The van der Waals surface area contributed by atoms with Crippen LogP contribution in [-0.2, 0) is 11.2 Å². The number of halogens is 1. The zero-order valence-electron chi connectivity index (χ0n) is 10.7. The first kappa shape index (κ1) is 14.1. The molecule has 0 unspecified atom stereocenters. The summed E-state index contributed by atoms with van der Waals surface area (Å²) in [6.07, 6.45) is 6.95. The maximum absolute atomic E-state index is 11.0. The molecule has 1 aromatic heterocycles. The molecule has 0 spiro atoms. The van der Waals surface area contributed by atoms with Crippen LogP contribution in [0.2, 0.25) is 0 Å². The van der Waals surface area contributed by atoms with Crippen molar-refractivity contribution >= 4 is 33.2 Å². The summed E-state index contributed by atoms with van der Waals surface area (Å²) in [5.74, 6) is -0.638. The van der Waals surface area contributed by atoms with E-state index in [4.69, 9.17) is 5.11 Å². The van der Waals surface area contributed by atoms with Crippen LogP contribution in [0.15, 0.2) is 10.5 Å². The van der Waals surface area contributed by atoms with Crippen molar-refractivity contribution in [3.8, 4) is 0 Å². The van der Waals surface area contributed by atoms with Crippen LogP contribution >= 0.6 is 27.3 Å². The van der Waals surface area contributed by atoms with Crippen LogP contribution in [0.5, 0.6) is 0 Å². The maximum atomic E-state index is 11.0. The number of carboxylic acid groups (broad SMARTS) is 1. The molecule has 0 atom stereocenters. The topological polar surface area (TPSA) is 37.3 Å². The Balaban J connectivity index is 1.99. The van der Waals surface area contributed by atoms with Crippen molar-refractivity contribution in [1.29, 1.82) is 0 Å². The first-order chi connectivity index (χ1) is 8.51. The van der Waals surface area contributed by atoms with Crippen LogP contribution < -0.4 is 0 Å². The predicted octanol–water partition coefficient (Wildman–Crippen LogP) is 4.79. The average molecular weight is 331 g/mol. The molecule has 0 radical (unpaired) electrons. The van der Waals surface area contributed by atoms with Gasteiger partial charge in [0.15, 0.2) is 0 Å². The second-order valence-electron chi connectivity index (χ2n) is 5.39. The van der Waals surface area contributed by atoms with Crippen LogP contribution in [0.3, 0.4) is 0 Å². The molecule has 2 rings (SSSR count). The van der Waals surface area contributed by atoms with Crippen LogP contribution in [0.25, 0.3) is 0 Å². The maximum Gasteiger partial charge on any atom is 0.303 e. The third-order valence-corrected chi connectivity index (χ3v) is 6.20. The lowest BCUT2D eigenvalue weighted by Gasteiger charge is -2.26. The summed E-state index contributed by atoms with van der Waals surface area (Å²) in [6.45, 7) is 2.11. The Kier molecular flexibility index (Phi) is 4.49. The van der Waals surface area contributed by atoms with Gasteiger partial charge in [0.2, 0.25) is 0 Å². The van der Waals surface area contributed by atoms with Gasteiger partial charge in [0.25, 0.3) is 0 Å². The van der Waals surface area contributed by atoms with E-state index in [1.54, 1.807) is 0 Å². The number of rotatable bonds is 5. The Morgan fingerprint density at radius 1 is 1.50 bits per heavy atom. The van der Waals surface area contributed by atoms with Gasteiger partial charge in [0.05, 0.1) is 6.42 Å². The van der Waals surface area contributed by atoms with Gasteiger partial charge in [-0.2, -0.15) is 0 Å². The summed E-state index contributed by atoms with van der Waals surface area (Å²) in [5, 5.41) is 9.08. The molecular formula is C14H19BrO2S. The largest absolute Gasteiger partial charge is 0.481 e. The number of carbonyl (C=O) groups is 1. The summed E-state index contributed by atoms with van der Waals surface area (Å²) in [7, 11) is 0. The van der Waals surface area contributed by atoms with Crippen molar-refractivity contribution in [3.05, 3.63) is 20.3 Å². The number of hydrogen-bond acceptors (Lipinski definition) is 2. The minimum absolute atomic E-state index is 0.0657. The average Bonchev–Trinajstić information content (AvgIpc) is 2.85. The Morgan fingerprint density at radius 3 is 2.67 bits per heavy atom. The van der Waals surface area contributed by atoms with Crippen molar-refractivity contribution in [2.45, 2.75) is 51.9 Å². The van der Waals surface area contributed by atoms with E-state index in [1.807, 2.05) is 11.3 Å². The van der Waals surface area contributed by atoms with E-state index in [-0.39, 0.29) is 5.41 Å². The third-order valence-electron chi connectivity index (χ3n) is 4.00. The fourth-order valence-electron chi connectivity index (χ4n) is 2.99. The van der Waals surface area contributed by atoms with Gasteiger partial charge in [-0.15, -0.1) is 11.3 Å². The second-order valence-corrected chi connectivity index (χ2v) is 7.59. The molecule has 0 aromatic carbocycles. The number of aryl methyl sites for hydroxylation is 2. The van der Waals surface area contributed by atoms with E-state index < -0.39 is 5.97 Å². The lowest BCUT2D eigenvalue weighted by molar-refractivity contribution is -0.139. The van der Waals surface area contributed by atoms with Gasteiger partial charge in [0, 0.05) is 14.2 Å². The van der Waals surface area contributed by atoms with Crippen molar-refractivity contribution < 1.29 is 9.90 Å². The normalized spacial score (nSPS) is 18.1. The zero-order chi connectivity index (χ0) is 13.2. The van der Waals surface area contributed by atoms with Crippen molar-refractivity contribution in [2.24, 2.45) is 5.41 Å². The summed E-state index contributed by atoms with van der Waals surface area (Å²) in [4.78, 5) is 13.7. The van der Waals surface area contributed by atoms with Gasteiger partial charge in [-0.1, -0.05) is 12.8 Å². The fraction of sp³-hybridized carbons (Fsp3) is 0.643. The standard InChI is InChI=1S/C14H19BrO2S/c1-10-12(15)8-11(18-10)4-7-14(9-13(16)17)5-2-3-6-14/h8H,2-7,9H2,1H3,(H,16,17). The number of hydrogen-bond donors (Lipinski definition) is 1.